The first kappa shape index (κ1) is 19.8. The van der Waals surface area contributed by atoms with Crippen molar-refractivity contribution in [1.29, 1.82) is 0 Å². The third-order valence-electron chi connectivity index (χ3n) is 5.86. The highest BCUT2D eigenvalue weighted by molar-refractivity contribution is 5.94. The fourth-order valence-corrected chi connectivity index (χ4v) is 3.98. The molecule has 2 aliphatic heterocycles. The van der Waals surface area contributed by atoms with E-state index in [4.69, 9.17) is 4.74 Å². The van der Waals surface area contributed by atoms with E-state index < -0.39 is 0 Å². The number of methoxy groups -OCH3 is 1. The molecule has 1 amide bonds. The molecule has 2 heterocycles. The predicted molar refractivity (Wildman–Crippen MR) is 109 cm³/mol. The van der Waals surface area contributed by atoms with Crippen molar-refractivity contribution in [2.75, 3.05) is 33.3 Å². The number of piperazine rings is 1. The molecule has 2 fully saturated rings. The molecule has 6 nitrogen and oxygen atoms in total. The Morgan fingerprint density at radius 2 is 1.79 bits per heavy atom. The van der Waals surface area contributed by atoms with Gasteiger partial charge >= 0.3 is 0 Å². The summed E-state index contributed by atoms with van der Waals surface area (Å²) in [4.78, 5) is 16.8. The minimum Gasteiger partial charge on any atom is -0.497 e. The van der Waals surface area contributed by atoms with Crippen LogP contribution in [0, 0.1) is 12.7 Å². The second-order valence-electron chi connectivity index (χ2n) is 7.66. The van der Waals surface area contributed by atoms with Crippen molar-refractivity contribution in [2.45, 2.75) is 25.6 Å². The Morgan fingerprint density at radius 3 is 2.45 bits per heavy atom. The van der Waals surface area contributed by atoms with Gasteiger partial charge in [0, 0.05) is 37.8 Å². The summed E-state index contributed by atoms with van der Waals surface area (Å²) >= 11 is 0. The maximum absolute atomic E-state index is 13.8. The van der Waals surface area contributed by atoms with Crippen LogP contribution in [0.5, 0.6) is 5.75 Å². The Morgan fingerprint density at radius 1 is 1.07 bits per heavy atom. The number of nitrogens with one attached hydrogen (secondary N) is 2. The van der Waals surface area contributed by atoms with E-state index in [1.807, 2.05) is 17.0 Å². The Bertz CT molecular complexity index is 866. The molecule has 2 N–H and O–H groups in total. The summed E-state index contributed by atoms with van der Waals surface area (Å²) in [6.07, 6.45) is 1.17. The molecule has 29 heavy (non-hydrogen) atoms. The number of carbonyl (C=O) groups excluding carboxylic acids is 1. The Balaban J connectivity index is 1.31. The third kappa shape index (κ3) is 4.27. The third-order valence-corrected chi connectivity index (χ3v) is 5.86. The molecule has 4 rings (SSSR count). The number of amides is 1. The Labute approximate surface area is 170 Å². The average molecular weight is 398 g/mol. The van der Waals surface area contributed by atoms with Crippen LogP contribution in [0.3, 0.4) is 0 Å². The van der Waals surface area contributed by atoms with Crippen LogP contribution < -0.4 is 15.6 Å². The molecule has 2 aromatic carbocycles. The number of benzene rings is 2. The van der Waals surface area contributed by atoms with Gasteiger partial charge in [-0.25, -0.2) is 15.2 Å². The molecule has 0 bridgehead atoms. The molecule has 2 saturated heterocycles. The van der Waals surface area contributed by atoms with E-state index in [1.54, 1.807) is 26.2 Å². The highest BCUT2D eigenvalue weighted by Gasteiger charge is 2.32. The molecule has 7 heteroatoms. The molecule has 2 atom stereocenters. The van der Waals surface area contributed by atoms with E-state index in [2.05, 4.69) is 27.9 Å². The normalized spacial score (nSPS) is 22.7. The monoisotopic (exact) mass is 398 g/mol. The second-order valence-corrected chi connectivity index (χ2v) is 7.66. The van der Waals surface area contributed by atoms with Gasteiger partial charge in [0.1, 0.15) is 11.6 Å². The van der Waals surface area contributed by atoms with Crippen LogP contribution in [-0.4, -0.2) is 55.2 Å². The van der Waals surface area contributed by atoms with Crippen molar-refractivity contribution in [1.82, 2.24) is 20.7 Å². The molecule has 2 aliphatic rings. The van der Waals surface area contributed by atoms with Crippen molar-refractivity contribution in [2.24, 2.45) is 0 Å². The van der Waals surface area contributed by atoms with E-state index in [0.717, 1.165) is 25.3 Å². The van der Waals surface area contributed by atoms with Gasteiger partial charge in [0.05, 0.1) is 13.3 Å². The van der Waals surface area contributed by atoms with Gasteiger partial charge in [0.15, 0.2) is 0 Å². The van der Waals surface area contributed by atoms with Crippen LogP contribution in [0.15, 0.2) is 42.5 Å². The molecule has 0 spiro atoms. The zero-order valence-electron chi connectivity index (χ0n) is 16.8. The number of hydrazine groups is 1. The number of ether oxygens (including phenoxy) is 1. The van der Waals surface area contributed by atoms with Crippen LogP contribution in [-0.2, 0) is 0 Å². The summed E-state index contributed by atoms with van der Waals surface area (Å²) in [5.74, 6) is 0.419. The zero-order valence-corrected chi connectivity index (χ0v) is 16.8. The molecule has 0 radical (unpaired) electrons. The quantitative estimate of drug-likeness (QED) is 0.829. The maximum Gasteiger partial charge on any atom is 0.254 e. The lowest BCUT2D eigenvalue weighted by Gasteiger charge is -2.37. The minimum atomic E-state index is -0.333. The van der Waals surface area contributed by atoms with Gasteiger partial charge in [-0.2, -0.15) is 0 Å². The van der Waals surface area contributed by atoms with Gasteiger partial charge in [-0.3, -0.25) is 9.69 Å². The smallest absolute Gasteiger partial charge is 0.254 e. The Hall–Kier alpha value is -2.48. The fourth-order valence-electron chi connectivity index (χ4n) is 3.98. The van der Waals surface area contributed by atoms with Crippen LogP contribution in [0.25, 0.3) is 0 Å². The van der Waals surface area contributed by atoms with Gasteiger partial charge < -0.3 is 9.64 Å². The van der Waals surface area contributed by atoms with Gasteiger partial charge in [-0.15, -0.1) is 0 Å². The van der Waals surface area contributed by atoms with Crippen molar-refractivity contribution in [3.8, 4) is 5.75 Å². The topological polar surface area (TPSA) is 56.8 Å². The number of nitrogens with zero attached hydrogens (tertiary/aromatic N) is 2. The van der Waals surface area contributed by atoms with Crippen molar-refractivity contribution in [3.63, 3.8) is 0 Å². The molecule has 2 unspecified atom stereocenters. The van der Waals surface area contributed by atoms with E-state index in [-0.39, 0.29) is 23.9 Å². The summed E-state index contributed by atoms with van der Waals surface area (Å²) in [7, 11) is 1.67. The first-order valence-corrected chi connectivity index (χ1v) is 9.99. The second kappa shape index (κ2) is 8.49. The summed E-state index contributed by atoms with van der Waals surface area (Å²) in [5, 5.41) is 0. The van der Waals surface area contributed by atoms with Crippen molar-refractivity contribution in [3.05, 3.63) is 65.0 Å². The SMILES string of the molecule is COc1ccc(C2CC(N3CCN(C(=O)c4ccc(C)c(F)c4)CC3)NN2)cc1. The number of carbonyl (C=O) groups is 1. The van der Waals surface area contributed by atoms with Crippen LogP contribution in [0.1, 0.15) is 33.9 Å². The van der Waals surface area contributed by atoms with E-state index in [0.29, 0.717) is 24.2 Å². The minimum absolute atomic E-state index is 0.0998. The van der Waals surface area contributed by atoms with Gasteiger partial charge in [-0.1, -0.05) is 18.2 Å². The standard InChI is InChI=1S/C22H27FN4O2/c1-15-3-4-17(13-19(15)23)22(28)27-11-9-26(10-12-27)21-14-20(24-25-21)16-5-7-18(29-2)8-6-16/h3-8,13,20-21,24-25H,9-12,14H2,1-2H3. The molecule has 154 valence electrons. The summed E-state index contributed by atoms with van der Waals surface area (Å²) < 4.78 is 19.0. The Kier molecular flexibility index (Phi) is 5.80. The molecular formula is C22H27FN4O2. The van der Waals surface area contributed by atoms with E-state index in [9.17, 15) is 9.18 Å². The van der Waals surface area contributed by atoms with Crippen LogP contribution >= 0.6 is 0 Å². The van der Waals surface area contributed by atoms with Crippen LogP contribution in [0.2, 0.25) is 0 Å². The number of hydrogen-bond acceptors (Lipinski definition) is 5. The molecular weight excluding hydrogens is 371 g/mol. The van der Waals surface area contributed by atoms with Crippen LogP contribution in [0.4, 0.5) is 4.39 Å². The zero-order chi connectivity index (χ0) is 20.4. The van der Waals surface area contributed by atoms with Crippen molar-refractivity contribution >= 4 is 5.91 Å². The lowest BCUT2D eigenvalue weighted by molar-refractivity contribution is 0.0544. The lowest BCUT2D eigenvalue weighted by Crippen LogP contribution is -2.55. The lowest BCUT2D eigenvalue weighted by atomic mass is 10.0. The first-order valence-electron chi connectivity index (χ1n) is 9.99. The highest BCUT2D eigenvalue weighted by atomic mass is 19.1. The van der Waals surface area contributed by atoms with E-state index in [1.165, 1.54) is 11.6 Å². The molecule has 0 aliphatic carbocycles. The van der Waals surface area contributed by atoms with Gasteiger partial charge in [0.2, 0.25) is 0 Å². The number of hydrogen-bond donors (Lipinski definition) is 2. The summed E-state index contributed by atoms with van der Waals surface area (Å²) in [6, 6.07) is 13.1. The number of halogens is 1. The van der Waals surface area contributed by atoms with Crippen molar-refractivity contribution < 1.29 is 13.9 Å². The predicted octanol–water partition coefficient (Wildman–Crippen LogP) is 2.47. The van der Waals surface area contributed by atoms with Gasteiger partial charge in [-0.05, 0) is 48.7 Å². The molecule has 2 aromatic rings. The summed E-state index contributed by atoms with van der Waals surface area (Å²) in [5.41, 5.74) is 8.95. The molecule has 0 aromatic heterocycles. The first-order chi connectivity index (χ1) is 14.0. The largest absolute Gasteiger partial charge is 0.497 e. The number of aryl methyl sites for hydroxylation is 1. The van der Waals surface area contributed by atoms with Gasteiger partial charge in [0.25, 0.3) is 5.91 Å². The highest BCUT2D eigenvalue weighted by Crippen LogP contribution is 2.26. The fraction of sp³-hybridized carbons (Fsp3) is 0.409. The van der Waals surface area contributed by atoms with E-state index >= 15 is 0 Å². The summed E-state index contributed by atoms with van der Waals surface area (Å²) in [6.45, 7) is 4.55. The maximum atomic E-state index is 13.8. The molecule has 0 saturated carbocycles. The average Bonchev–Trinajstić information content (AvgIpc) is 3.25. The number of rotatable bonds is 4.